The fraction of sp³-hybridized carbons (Fsp3) is 0.429. The third-order valence-corrected chi connectivity index (χ3v) is 3.51. The molecular weight excluding hydrogens is 240 g/mol. The molecule has 0 bridgehead atoms. The lowest BCUT2D eigenvalue weighted by molar-refractivity contribution is 0.209. The molecule has 0 fully saturated rings. The third-order valence-electron chi connectivity index (χ3n) is 3.51. The van der Waals surface area contributed by atoms with E-state index in [9.17, 15) is 4.79 Å². The molecule has 0 unspecified atom stereocenters. The summed E-state index contributed by atoms with van der Waals surface area (Å²) in [6.45, 7) is 4.94. The number of fused-ring (bicyclic) bond motifs is 1. The lowest BCUT2D eigenvalue weighted by Crippen LogP contribution is -2.44. The minimum Gasteiger partial charge on any atom is -0.354 e. The molecular formula is C14H20N4O. The second-order valence-corrected chi connectivity index (χ2v) is 5.49. The van der Waals surface area contributed by atoms with Gasteiger partial charge in [-0.25, -0.2) is 4.98 Å². The summed E-state index contributed by atoms with van der Waals surface area (Å²) < 4.78 is 0. The van der Waals surface area contributed by atoms with Crippen LogP contribution in [0.2, 0.25) is 0 Å². The smallest absolute Gasteiger partial charge is 0.260 e. The van der Waals surface area contributed by atoms with Crippen LogP contribution in [0.3, 0.4) is 0 Å². The first-order valence-electron chi connectivity index (χ1n) is 6.30. The van der Waals surface area contributed by atoms with Crippen LogP contribution in [0.1, 0.15) is 13.8 Å². The van der Waals surface area contributed by atoms with Crippen molar-refractivity contribution in [2.75, 3.05) is 26.0 Å². The molecule has 1 heterocycles. The molecule has 1 aromatic heterocycles. The molecule has 0 aliphatic carbocycles. The summed E-state index contributed by atoms with van der Waals surface area (Å²) in [7, 11) is 4.05. The molecule has 2 rings (SSSR count). The average Bonchev–Trinajstić information content (AvgIpc) is 2.36. The van der Waals surface area contributed by atoms with E-state index in [0.717, 1.165) is 0 Å². The number of likely N-dealkylation sites (N-methyl/N-ethyl adjacent to an activating group) is 1. The molecule has 102 valence electrons. The van der Waals surface area contributed by atoms with Gasteiger partial charge in [0.2, 0.25) is 5.95 Å². The van der Waals surface area contributed by atoms with E-state index in [-0.39, 0.29) is 11.1 Å². The summed E-state index contributed by atoms with van der Waals surface area (Å²) in [6, 6.07) is 7.32. The van der Waals surface area contributed by atoms with Gasteiger partial charge < -0.3 is 10.2 Å². The van der Waals surface area contributed by atoms with E-state index in [1.807, 2.05) is 32.3 Å². The molecule has 0 spiro atoms. The molecule has 5 heteroatoms. The fourth-order valence-corrected chi connectivity index (χ4v) is 1.63. The van der Waals surface area contributed by atoms with E-state index in [4.69, 9.17) is 0 Å². The Bertz CT molecular complexity index is 631. The number of hydrogen-bond donors (Lipinski definition) is 2. The molecule has 0 radical (unpaired) electrons. The first-order valence-corrected chi connectivity index (χ1v) is 6.30. The minimum atomic E-state index is -0.115. The number of rotatable bonds is 4. The van der Waals surface area contributed by atoms with E-state index in [1.165, 1.54) is 0 Å². The lowest BCUT2D eigenvalue weighted by atomic mass is 10.1. The van der Waals surface area contributed by atoms with Crippen molar-refractivity contribution < 1.29 is 0 Å². The van der Waals surface area contributed by atoms with Gasteiger partial charge in [0, 0.05) is 12.1 Å². The predicted octanol–water partition coefficient (Wildman–Crippen LogP) is 1.68. The molecule has 1 aromatic carbocycles. The highest BCUT2D eigenvalue weighted by atomic mass is 16.1. The maximum absolute atomic E-state index is 11.9. The monoisotopic (exact) mass is 260 g/mol. The molecule has 5 nitrogen and oxygen atoms in total. The van der Waals surface area contributed by atoms with Gasteiger partial charge in [-0.1, -0.05) is 12.1 Å². The molecule has 0 saturated heterocycles. The number of benzene rings is 1. The Morgan fingerprint density at radius 1 is 1.32 bits per heavy atom. The Labute approximate surface area is 112 Å². The average molecular weight is 260 g/mol. The largest absolute Gasteiger partial charge is 0.354 e. The van der Waals surface area contributed by atoms with Gasteiger partial charge in [-0.05, 0) is 40.1 Å². The number of aromatic nitrogens is 2. The Balaban J connectivity index is 2.25. The second-order valence-electron chi connectivity index (χ2n) is 5.49. The highest BCUT2D eigenvalue weighted by molar-refractivity contribution is 5.78. The molecule has 0 atom stereocenters. The molecule has 19 heavy (non-hydrogen) atoms. The number of nitrogens with one attached hydrogen (secondary N) is 2. The maximum Gasteiger partial charge on any atom is 0.260 e. The molecule has 0 saturated carbocycles. The van der Waals surface area contributed by atoms with Crippen LogP contribution in [-0.2, 0) is 0 Å². The molecule has 0 aliphatic heterocycles. The lowest BCUT2D eigenvalue weighted by Gasteiger charge is -2.32. The van der Waals surface area contributed by atoms with Crippen LogP contribution in [0, 0.1) is 0 Å². The number of para-hydroxylation sites is 1. The van der Waals surface area contributed by atoms with Gasteiger partial charge in [-0.3, -0.25) is 9.78 Å². The van der Waals surface area contributed by atoms with Gasteiger partial charge in [0.25, 0.3) is 5.56 Å². The summed E-state index contributed by atoms with van der Waals surface area (Å²) in [5, 5.41) is 3.80. The number of nitrogens with zero attached hydrogens (tertiary/aromatic N) is 2. The van der Waals surface area contributed by atoms with Crippen LogP contribution < -0.4 is 10.9 Å². The Morgan fingerprint density at radius 2 is 2.00 bits per heavy atom. The van der Waals surface area contributed by atoms with Crippen molar-refractivity contribution in [1.82, 2.24) is 14.9 Å². The third kappa shape index (κ3) is 2.93. The SMILES string of the molecule is CN(C)C(C)(C)CNc1nc2ccccc2c(=O)[nH]1. The van der Waals surface area contributed by atoms with E-state index in [0.29, 0.717) is 23.4 Å². The standard InChI is InChI=1S/C14H20N4O/c1-14(2,18(3)4)9-15-13-16-11-8-6-5-7-10(11)12(19)17-13/h5-8H,9H2,1-4H3,(H2,15,16,17,19). The maximum atomic E-state index is 11.9. The summed E-state index contributed by atoms with van der Waals surface area (Å²) in [4.78, 5) is 21.2. The van der Waals surface area contributed by atoms with E-state index in [2.05, 4.69) is 34.0 Å². The zero-order chi connectivity index (χ0) is 14.0. The Kier molecular flexibility index (Phi) is 3.57. The Morgan fingerprint density at radius 3 is 2.68 bits per heavy atom. The summed E-state index contributed by atoms with van der Waals surface area (Å²) in [5.41, 5.74) is 0.566. The van der Waals surface area contributed by atoms with Crippen molar-refractivity contribution in [2.45, 2.75) is 19.4 Å². The summed E-state index contributed by atoms with van der Waals surface area (Å²) >= 11 is 0. The van der Waals surface area contributed by atoms with Crippen molar-refractivity contribution in [1.29, 1.82) is 0 Å². The predicted molar refractivity (Wildman–Crippen MR) is 78.6 cm³/mol. The number of hydrogen-bond acceptors (Lipinski definition) is 4. The fourth-order valence-electron chi connectivity index (χ4n) is 1.63. The van der Waals surface area contributed by atoms with Gasteiger partial charge in [0.15, 0.2) is 0 Å². The van der Waals surface area contributed by atoms with Crippen molar-refractivity contribution in [3.8, 4) is 0 Å². The highest BCUT2D eigenvalue weighted by Crippen LogP contribution is 2.12. The van der Waals surface area contributed by atoms with Gasteiger partial charge in [-0.15, -0.1) is 0 Å². The van der Waals surface area contributed by atoms with Crippen LogP contribution >= 0.6 is 0 Å². The van der Waals surface area contributed by atoms with Crippen LogP contribution in [-0.4, -0.2) is 41.0 Å². The van der Waals surface area contributed by atoms with Crippen LogP contribution in [0.5, 0.6) is 0 Å². The quantitative estimate of drug-likeness (QED) is 0.878. The topological polar surface area (TPSA) is 61.0 Å². The van der Waals surface area contributed by atoms with Gasteiger partial charge in [-0.2, -0.15) is 0 Å². The summed E-state index contributed by atoms with van der Waals surface area (Å²) in [5.74, 6) is 0.513. The molecule has 2 aromatic rings. The van der Waals surface area contributed by atoms with Crippen LogP contribution in [0.4, 0.5) is 5.95 Å². The van der Waals surface area contributed by atoms with Gasteiger partial charge >= 0.3 is 0 Å². The highest BCUT2D eigenvalue weighted by Gasteiger charge is 2.20. The van der Waals surface area contributed by atoms with Crippen LogP contribution in [0.15, 0.2) is 29.1 Å². The zero-order valence-electron chi connectivity index (χ0n) is 11.8. The number of H-pyrrole nitrogens is 1. The molecule has 2 N–H and O–H groups in total. The molecule has 0 aliphatic rings. The van der Waals surface area contributed by atoms with Crippen molar-refractivity contribution in [2.24, 2.45) is 0 Å². The van der Waals surface area contributed by atoms with E-state index >= 15 is 0 Å². The van der Waals surface area contributed by atoms with E-state index in [1.54, 1.807) is 6.07 Å². The van der Waals surface area contributed by atoms with Crippen LogP contribution in [0.25, 0.3) is 10.9 Å². The second kappa shape index (κ2) is 5.01. The Hall–Kier alpha value is -1.88. The molecule has 0 amide bonds. The zero-order valence-corrected chi connectivity index (χ0v) is 11.8. The van der Waals surface area contributed by atoms with Crippen molar-refractivity contribution >= 4 is 16.9 Å². The minimum absolute atomic E-state index is 0.0236. The number of anilines is 1. The van der Waals surface area contributed by atoms with Crippen molar-refractivity contribution in [3.05, 3.63) is 34.6 Å². The summed E-state index contributed by atoms with van der Waals surface area (Å²) in [6.07, 6.45) is 0. The number of aromatic amines is 1. The van der Waals surface area contributed by atoms with E-state index < -0.39 is 0 Å². The van der Waals surface area contributed by atoms with Gasteiger partial charge in [0.1, 0.15) is 0 Å². The van der Waals surface area contributed by atoms with Crippen molar-refractivity contribution in [3.63, 3.8) is 0 Å². The van der Waals surface area contributed by atoms with Gasteiger partial charge in [0.05, 0.1) is 10.9 Å². The normalized spacial score (nSPS) is 12.1. The first-order chi connectivity index (χ1) is 8.90. The first kappa shape index (κ1) is 13.5.